The molecule has 16 heavy (non-hydrogen) atoms. The third-order valence-electron chi connectivity index (χ3n) is 2.79. The van der Waals surface area contributed by atoms with Gasteiger partial charge in [-0.2, -0.15) is 0 Å². The maximum absolute atomic E-state index is 11.4. The van der Waals surface area contributed by atoms with Crippen molar-refractivity contribution in [2.75, 3.05) is 25.7 Å². The van der Waals surface area contributed by atoms with E-state index in [1.807, 2.05) is 7.05 Å². The average molecular weight is 240 g/mol. The molecule has 1 aromatic heterocycles. The summed E-state index contributed by atoms with van der Waals surface area (Å²) in [6, 6.07) is 0. The zero-order chi connectivity index (χ0) is 11.7. The van der Waals surface area contributed by atoms with Gasteiger partial charge in [0.2, 0.25) is 5.91 Å². The van der Waals surface area contributed by atoms with Crippen LogP contribution in [0.25, 0.3) is 0 Å². The first-order chi connectivity index (χ1) is 7.63. The van der Waals surface area contributed by atoms with Gasteiger partial charge in [0.05, 0.1) is 18.0 Å². The predicted octanol–water partition coefficient (Wildman–Crippen LogP) is 1.27. The Morgan fingerprint density at radius 3 is 3.06 bits per heavy atom. The smallest absolute Gasteiger partial charge is 0.224 e. The van der Waals surface area contributed by atoms with Gasteiger partial charge in [0, 0.05) is 24.5 Å². The molecule has 0 radical (unpaired) electrons. The molecule has 88 valence electrons. The second-order valence-electron chi connectivity index (χ2n) is 3.95. The molecule has 1 aliphatic heterocycles. The zero-order valence-electron chi connectivity index (χ0n) is 9.79. The molecule has 2 rings (SSSR count). The first-order valence-electron chi connectivity index (χ1n) is 5.24. The van der Waals surface area contributed by atoms with Gasteiger partial charge in [0.1, 0.15) is 6.73 Å². The topological polar surface area (TPSA) is 41.6 Å². The molecule has 0 saturated carbocycles. The SMILES string of the molecule is CNC(=O)Cc1c(C)sc2c1COCN2C. The largest absolute Gasteiger partial charge is 0.359 e. The maximum atomic E-state index is 11.4. The second-order valence-corrected chi connectivity index (χ2v) is 5.15. The summed E-state index contributed by atoms with van der Waals surface area (Å²) < 4.78 is 5.48. The van der Waals surface area contributed by atoms with Gasteiger partial charge in [0.15, 0.2) is 0 Å². The maximum Gasteiger partial charge on any atom is 0.224 e. The molecule has 0 fully saturated rings. The van der Waals surface area contributed by atoms with Gasteiger partial charge < -0.3 is 15.0 Å². The average Bonchev–Trinajstić information content (AvgIpc) is 2.58. The molecular formula is C11H16N2O2S. The molecule has 1 aliphatic rings. The molecule has 1 amide bonds. The molecule has 2 heterocycles. The summed E-state index contributed by atoms with van der Waals surface area (Å²) in [7, 11) is 3.68. The van der Waals surface area contributed by atoms with E-state index in [1.54, 1.807) is 18.4 Å². The van der Waals surface area contributed by atoms with E-state index in [0.29, 0.717) is 19.8 Å². The molecule has 5 heteroatoms. The minimum atomic E-state index is 0.0527. The van der Waals surface area contributed by atoms with Gasteiger partial charge in [-0.05, 0) is 12.5 Å². The fraction of sp³-hybridized carbons (Fsp3) is 0.545. The van der Waals surface area contributed by atoms with Gasteiger partial charge in [-0.3, -0.25) is 4.79 Å². The van der Waals surface area contributed by atoms with Crippen molar-refractivity contribution in [3.05, 3.63) is 16.0 Å². The second kappa shape index (κ2) is 4.43. The van der Waals surface area contributed by atoms with Crippen molar-refractivity contribution in [1.29, 1.82) is 0 Å². The van der Waals surface area contributed by atoms with Gasteiger partial charge in [-0.15, -0.1) is 11.3 Å². The number of anilines is 1. The minimum absolute atomic E-state index is 0.0527. The normalized spacial score (nSPS) is 14.8. The first-order valence-corrected chi connectivity index (χ1v) is 6.05. The number of thiophene rings is 1. The number of hydrogen-bond acceptors (Lipinski definition) is 4. The number of rotatable bonds is 2. The summed E-state index contributed by atoms with van der Waals surface area (Å²) in [5.74, 6) is 0.0527. The Kier molecular flexibility index (Phi) is 3.16. The molecule has 1 aromatic rings. The van der Waals surface area contributed by atoms with Crippen molar-refractivity contribution >= 4 is 22.2 Å². The molecule has 0 saturated heterocycles. The molecule has 0 aromatic carbocycles. The Morgan fingerprint density at radius 2 is 2.38 bits per heavy atom. The summed E-state index contributed by atoms with van der Waals surface area (Å²) in [6.07, 6.45) is 0.450. The van der Waals surface area contributed by atoms with Crippen LogP contribution < -0.4 is 10.2 Å². The Labute approximate surface area is 99.2 Å². The van der Waals surface area contributed by atoms with Crippen LogP contribution >= 0.6 is 11.3 Å². The van der Waals surface area contributed by atoms with E-state index in [1.165, 1.54) is 15.4 Å². The molecule has 1 N–H and O–H groups in total. The third-order valence-corrected chi connectivity index (χ3v) is 4.10. The summed E-state index contributed by atoms with van der Waals surface area (Å²) in [5, 5.41) is 3.90. The van der Waals surface area contributed by atoms with Crippen LogP contribution in [0.2, 0.25) is 0 Å². The van der Waals surface area contributed by atoms with Crippen LogP contribution in [0.1, 0.15) is 16.0 Å². The predicted molar refractivity (Wildman–Crippen MR) is 64.9 cm³/mol. The number of aryl methyl sites for hydroxylation is 1. The molecule has 0 unspecified atom stereocenters. The van der Waals surface area contributed by atoms with Gasteiger partial charge >= 0.3 is 0 Å². The van der Waals surface area contributed by atoms with Crippen LogP contribution in [0.4, 0.5) is 5.00 Å². The number of amides is 1. The fourth-order valence-corrected chi connectivity index (χ4v) is 3.01. The van der Waals surface area contributed by atoms with E-state index in [9.17, 15) is 4.79 Å². The Morgan fingerprint density at radius 1 is 1.62 bits per heavy atom. The van der Waals surface area contributed by atoms with E-state index in [0.717, 1.165) is 5.56 Å². The summed E-state index contributed by atoms with van der Waals surface area (Å²) in [6.45, 7) is 3.32. The number of carbonyl (C=O) groups is 1. The zero-order valence-corrected chi connectivity index (χ0v) is 10.6. The van der Waals surface area contributed by atoms with Crippen molar-refractivity contribution in [1.82, 2.24) is 5.32 Å². The van der Waals surface area contributed by atoms with Crippen molar-refractivity contribution in [3.8, 4) is 0 Å². The number of ether oxygens (including phenoxy) is 1. The lowest BCUT2D eigenvalue weighted by atomic mass is 10.1. The Hall–Kier alpha value is -1.07. The van der Waals surface area contributed by atoms with Crippen molar-refractivity contribution in [2.45, 2.75) is 20.0 Å². The number of hydrogen-bond donors (Lipinski definition) is 1. The quantitative estimate of drug-likeness (QED) is 0.846. The van der Waals surface area contributed by atoms with E-state index in [2.05, 4.69) is 17.1 Å². The van der Waals surface area contributed by atoms with Crippen LogP contribution in [-0.4, -0.2) is 26.7 Å². The summed E-state index contributed by atoms with van der Waals surface area (Å²) >= 11 is 1.74. The minimum Gasteiger partial charge on any atom is -0.359 e. The fourth-order valence-electron chi connectivity index (χ4n) is 1.89. The highest BCUT2D eigenvalue weighted by atomic mass is 32.1. The standard InChI is InChI=1S/C11H16N2O2S/c1-7-8(4-10(14)12-2)9-5-15-6-13(3)11(9)16-7/h4-6H2,1-3H3,(H,12,14). The molecule has 0 atom stereocenters. The van der Waals surface area contributed by atoms with E-state index in [-0.39, 0.29) is 5.91 Å². The van der Waals surface area contributed by atoms with Crippen LogP contribution in [-0.2, 0) is 22.6 Å². The van der Waals surface area contributed by atoms with Crippen molar-refractivity contribution in [2.24, 2.45) is 0 Å². The van der Waals surface area contributed by atoms with Crippen LogP contribution in [0, 0.1) is 6.92 Å². The highest BCUT2D eigenvalue weighted by molar-refractivity contribution is 7.16. The summed E-state index contributed by atoms with van der Waals surface area (Å²) in [4.78, 5) is 14.7. The monoisotopic (exact) mass is 240 g/mol. The number of nitrogens with one attached hydrogen (secondary N) is 1. The lowest BCUT2D eigenvalue weighted by Gasteiger charge is -2.24. The van der Waals surface area contributed by atoms with Gasteiger partial charge in [-0.25, -0.2) is 0 Å². The van der Waals surface area contributed by atoms with Gasteiger partial charge in [0.25, 0.3) is 0 Å². The van der Waals surface area contributed by atoms with Crippen LogP contribution in [0.5, 0.6) is 0 Å². The van der Waals surface area contributed by atoms with E-state index < -0.39 is 0 Å². The molecule has 0 spiro atoms. The van der Waals surface area contributed by atoms with Crippen LogP contribution in [0.15, 0.2) is 0 Å². The van der Waals surface area contributed by atoms with Crippen LogP contribution in [0.3, 0.4) is 0 Å². The molecule has 4 nitrogen and oxygen atoms in total. The van der Waals surface area contributed by atoms with Crippen molar-refractivity contribution < 1.29 is 9.53 Å². The van der Waals surface area contributed by atoms with Gasteiger partial charge in [-0.1, -0.05) is 0 Å². The molecule has 0 bridgehead atoms. The lowest BCUT2D eigenvalue weighted by molar-refractivity contribution is -0.119. The number of fused-ring (bicyclic) bond motifs is 1. The Bertz CT molecular complexity index is 414. The first kappa shape index (κ1) is 11.4. The molecular weight excluding hydrogens is 224 g/mol. The number of likely N-dealkylation sites (N-methyl/N-ethyl adjacent to an activating group) is 1. The molecule has 0 aliphatic carbocycles. The van der Waals surface area contributed by atoms with Crippen molar-refractivity contribution in [3.63, 3.8) is 0 Å². The highest BCUT2D eigenvalue weighted by Crippen LogP contribution is 2.38. The lowest BCUT2D eigenvalue weighted by Crippen LogP contribution is -2.26. The summed E-state index contributed by atoms with van der Waals surface area (Å²) in [5.41, 5.74) is 2.31. The Balaban J connectivity index is 2.34. The van der Waals surface area contributed by atoms with E-state index in [4.69, 9.17) is 4.74 Å². The number of nitrogens with zero attached hydrogens (tertiary/aromatic N) is 1. The van der Waals surface area contributed by atoms with E-state index >= 15 is 0 Å². The highest BCUT2D eigenvalue weighted by Gasteiger charge is 2.23. The third kappa shape index (κ3) is 1.92. The number of carbonyl (C=O) groups excluding carboxylic acids is 1.